The highest BCUT2D eigenvalue weighted by molar-refractivity contribution is 8.00. The van der Waals surface area contributed by atoms with Crippen LogP contribution < -0.4 is 4.74 Å². The molecule has 1 N–H and O–H groups in total. The van der Waals surface area contributed by atoms with Gasteiger partial charge in [-0.05, 0) is 24.1 Å². The van der Waals surface area contributed by atoms with E-state index in [4.69, 9.17) is 4.74 Å². The summed E-state index contributed by atoms with van der Waals surface area (Å²) in [6.45, 7) is 0.608. The second-order valence-electron chi connectivity index (χ2n) is 5.40. The highest BCUT2D eigenvalue weighted by Crippen LogP contribution is 2.37. The lowest BCUT2D eigenvalue weighted by Crippen LogP contribution is -2.31. The van der Waals surface area contributed by atoms with Gasteiger partial charge in [0, 0.05) is 26.0 Å². The zero-order chi connectivity index (χ0) is 16.4. The first-order valence-corrected chi connectivity index (χ1v) is 8.39. The number of thioether (sulfide) groups is 1. The maximum atomic E-state index is 12.2. The molecule has 7 heteroatoms. The van der Waals surface area contributed by atoms with Crippen LogP contribution in [-0.2, 0) is 18.3 Å². The number of phenolic OH excluding ortho intramolecular Hbond substituents is 1. The molecular weight excluding hydrogens is 314 g/mol. The summed E-state index contributed by atoms with van der Waals surface area (Å²) in [5.74, 6) is 2.08. The van der Waals surface area contributed by atoms with Crippen LogP contribution in [0.1, 0.15) is 16.8 Å². The molecule has 2 heterocycles. The molecule has 3 rings (SSSR count). The molecule has 23 heavy (non-hydrogen) atoms. The first kappa shape index (κ1) is 15.7. The third-order valence-electron chi connectivity index (χ3n) is 3.93. The van der Waals surface area contributed by atoms with Crippen molar-refractivity contribution in [2.75, 3.05) is 19.4 Å². The van der Waals surface area contributed by atoms with E-state index >= 15 is 0 Å². The van der Waals surface area contributed by atoms with Crippen molar-refractivity contribution in [1.29, 1.82) is 0 Å². The monoisotopic (exact) mass is 333 g/mol. The van der Waals surface area contributed by atoms with Gasteiger partial charge in [0.25, 0.3) is 0 Å². The van der Waals surface area contributed by atoms with Gasteiger partial charge in [-0.3, -0.25) is 4.79 Å². The van der Waals surface area contributed by atoms with Gasteiger partial charge < -0.3 is 19.3 Å². The summed E-state index contributed by atoms with van der Waals surface area (Å²) in [6.07, 6.45) is 4.34. The van der Waals surface area contributed by atoms with Crippen LogP contribution in [0.2, 0.25) is 0 Å². The van der Waals surface area contributed by atoms with E-state index in [0.29, 0.717) is 24.5 Å². The van der Waals surface area contributed by atoms with E-state index in [0.717, 1.165) is 11.4 Å². The number of carbonyl (C=O) groups is 1. The number of nitrogens with zero attached hydrogens (tertiary/aromatic N) is 3. The number of hydrogen-bond donors (Lipinski definition) is 1. The molecule has 122 valence electrons. The summed E-state index contributed by atoms with van der Waals surface area (Å²) >= 11 is 1.60. The number of aromatic hydroxyl groups is 1. The third kappa shape index (κ3) is 3.14. The van der Waals surface area contributed by atoms with Crippen molar-refractivity contribution in [2.45, 2.75) is 11.8 Å². The van der Waals surface area contributed by atoms with Crippen LogP contribution in [-0.4, -0.2) is 44.9 Å². The molecule has 1 amide bonds. The Morgan fingerprint density at radius 1 is 1.48 bits per heavy atom. The molecule has 0 saturated carbocycles. The number of aryl methyl sites for hydroxylation is 1. The normalized spacial score (nSPS) is 17.7. The fourth-order valence-electron chi connectivity index (χ4n) is 2.65. The van der Waals surface area contributed by atoms with E-state index in [-0.39, 0.29) is 17.0 Å². The maximum absolute atomic E-state index is 12.2. The number of amides is 1. The van der Waals surface area contributed by atoms with E-state index in [2.05, 4.69) is 4.98 Å². The van der Waals surface area contributed by atoms with Gasteiger partial charge in [0.2, 0.25) is 5.91 Å². The summed E-state index contributed by atoms with van der Waals surface area (Å²) in [5.41, 5.74) is 1.02. The van der Waals surface area contributed by atoms with Gasteiger partial charge in [-0.1, -0.05) is 6.07 Å². The molecule has 6 nitrogen and oxygen atoms in total. The van der Waals surface area contributed by atoms with Gasteiger partial charge >= 0.3 is 0 Å². The van der Waals surface area contributed by atoms with Gasteiger partial charge in [0.15, 0.2) is 11.5 Å². The summed E-state index contributed by atoms with van der Waals surface area (Å²) < 4.78 is 7.08. The lowest BCUT2D eigenvalue weighted by atomic mass is 10.1. The second kappa shape index (κ2) is 6.54. The van der Waals surface area contributed by atoms with Crippen molar-refractivity contribution in [3.63, 3.8) is 0 Å². The Labute approximate surface area is 139 Å². The van der Waals surface area contributed by atoms with Crippen molar-refractivity contribution in [3.8, 4) is 11.5 Å². The Morgan fingerprint density at radius 2 is 2.30 bits per heavy atom. The SMILES string of the molecule is COc1cc(CCN2C(=O)CSC2c2nccn2C)ccc1O. The molecule has 1 aromatic heterocycles. The third-order valence-corrected chi connectivity index (χ3v) is 5.13. The molecule has 1 unspecified atom stereocenters. The Bertz CT molecular complexity index is 716. The topological polar surface area (TPSA) is 67.6 Å². The summed E-state index contributed by atoms with van der Waals surface area (Å²) in [7, 11) is 3.46. The molecule has 0 radical (unpaired) electrons. The van der Waals surface area contributed by atoms with Crippen molar-refractivity contribution >= 4 is 17.7 Å². The molecule has 1 fully saturated rings. The predicted octanol–water partition coefficient (Wildman–Crippen LogP) is 1.95. The van der Waals surface area contributed by atoms with E-state index < -0.39 is 0 Å². The Hall–Kier alpha value is -2.15. The quantitative estimate of drug-likeness (QED) is 0.906. The van der Waals surface area contributed by atoms with Gasteiger partial charge in [0.05, 0.1) is 12.9 Å². The molecule has 1 atom stereocenters. The highest BCUT2D eigenvalue weighted by atomic mass is 32.2. The average molecular weight is 333 g/mol. The summed E-state index contributed by atoms with van der Waals surface area (Å²) in [6, 6.07) is 5.27. The number of benzene rings is 1. The molecule has 0 bridgehead atoms. The molecule has 1 aliphatic heterocycles. The standard InChI is InChI=1S/C16H19N3O3S/c1-18-8-6-17-15(18)16-19(14(21)10-23-16)7-5-11-3-4-12(20)13(9-11)22-2/h3-4,6,8-9,16,20H,5,7,10H2,1-2H3. The molecule has 2 aromatic rings. The number of methoxy groups -OCH3 is 1. The van der Waals surface area contributed by atoms with E-state index in [1.54, 1.807) is 30.1 Å². The fraction of sp³-hybridized carbons (Fsp3) is 0.375. The molecule has 0 aliphatic carbocycles. The van der Waals surface area contributed by atoms with Gasteiger partial charge in [-0.25, -0.2) is 4.98 Å². The largest absolute Gasteiger partial charge is 0.504 e. The van der Waals surface area contributed by atoms with Crippen LogP contribution in [0.4, 0.5) is 0 Å². The van der Waals surface area contributed by atoms with Gasteiger partial charge in [0.1, 0.15) is 11.2 Å². The Morgan fingerprint density at radius 3 is 3.00 bits per heavy atom. The average Bonchev–Trinajstić information content (AvgIpc) is 3.12. The van der Waals surface area contributed by atoms with E-state index in [1.165, 1.54) is 7.11 Å². The highest BCUT2D eigenvalue weighted by Gasteiger charge is 2.34. The van der Waals surface area contributed by atoms with Crippen LogP contribution in [0.15, 0.2) is 30.6 Å². The lowest BCUT2D eigenvalue weighted by Gasteiger charge is -2.23. The van der Waals surface area contributed by atoms with Gasteiger partial charge in [-0.2, -0.15) is 0 Å². The summed E-state index contributed by atoms with van der Waals surface area (Å²) in [4.78, 5) is 18.4. The van der Waals surface area contributed by atoms with E-state index in [1.807, 2.05) is 28.8 Å². The number of ether oxygens (including phenoxy) is 1. The molecule has 1 aromatic carbocycles. The predicted molar refractivity (Wildman–Crippen MR) is 88.5 cm³/mol. The van der Waals surface area contributed by atoms with Crippen LogP contribution in [0.3, 0.4) is 0 Å². The molecular formula is C16H19N3O3S. The van der Waals surface area contributed by atoms with Crippen LogP contribution >= 0.6 is 11.8 Å². The summed E-state index contributed by atoms with van der Waals surface area (Å²) in [5, 5.41) is 9.61. The molecule has 1 aliphatic rings. The number of imidazole rings is 1. The lowest BCUT2D eigenvalue weighted by molar-refractivity contribution is -0.128. The van der Waals surface area contributed by atoms with Crippen molar-refractivity contribution in [3.05, 3.63) is 42.0 Å². The maximum Gasteiger partial charge on any atom is 0.233 e. The number of hydrogen-bond acceptors (Lipinski definition) is 5. The van der Waals surface area contributed by atoms with Crippen molar-refractivity contribution < 1.29 is 14.6 Å². The zero-order valence-corrected chi connectivity index (χ0v) is 13.9. The van der Waals surface area contributed by atoms with Crippen molar-refractivity contribution in [2.24, 2.45) is 7.05 Å². The van der Waals surface area contributed by atoms with Crippen molar-refractivity contribution in [1.82, 2.24) is 14.5 Å². The smallest absolute Gasteiger partial charge is 0.233 e. The first-order chi connectivity index (χ1) is 11.1. The number of carbonyl (C=O) groups excluding carboxylic acids is 1. The molecule has 1 saturated heterocycles. The van der Waals surface area contributed by atoms with Crippen LogP contribution in [0.25, 0.3) is 0 Å². The molecule has 0 spiro atoms. The Balaban J connectivity index is 1.73. The number of phenols is 1. The minimum Gasteiger partial charge on any atom is -0.504 e. The number of aromatic nitrogens is 2. The number of rotatable bonds is 5. The second-order valence-corrected chi connectivity index (χ2v) is 6.47. The van der Waals surface area contributed by atoms with Crippen LogP contribution in [0, 0.1) is 0 Å². The van der Waals surface area contributed by atoms with Crippen LogP contribution in [0.5, 0.6) is 11.5 Å². The fourth-order valence-corrected chi connectivity index (χ4v) is 3.90. The van der Waals surface area contributed by atoms with E-state index in [9.17, 15) is 9.90 Å². The minimum absolute atomic E-state index is 0.0403. The van der Waals surface area contributed by atoms with Gasteiger partial charge in [-0.15, -0.1) is 11.8 Å². The Kier molecular flexibility index (Phi) is 4.47. The minimum atomic E-state index is -0.0403. The first-order valence-electron chi connectivity index (χ1n) is 7.34. The zero-order valence-electron chi connectivity index (χ0n) is 13.1.